The van der Waals surface area contributed by atoms with E-state index in [-0.39, 0.29) is 21.4 Å². The van der Waals surface area contributed by atoms with Gasteiger partial charge in [0.15, 0.2) is 0 Å². The average molecular weight is 343 g/mol. The second kappa shape index (κ2) is 7.04. The zero-order valence-corrected chi connectivity index (χ0v) is 13.9. The lowest BCUT2D eigenvalue weighted by Crippen LogP contribution is -2.33. The molecule has 0 saturated heterocycles. The van der Waals surface area contributed by atoms with Crippen molar-refractivity contribution in [2.45, 2.75) is 10.8 Å². The third kappa shape index (κ3) is 4.05. The third-order valence-corrected chi connectivity index (χ3v) is 5.34. The SMILES string of the molecule is CN(C)CCN(C)S(=O)(=O)c1cc(F)c(Cl)c(CCl)c1. The van der Waals surface area contributed by atoms with Gasteiger partial charge in [-0.25, -0.2) is 12.8 Å². The summed E-state index contributed by atoms with van der Waals surface area (Å²) >= 11 is 11.4. The van der Waals surface area contributed by atoms with Crippen LogP contribution in [0.4, 0.5) is 4.39 Å². The van der Waals surface area contributed by atoms with Crippen molar-refractivity contribution in [1.29, 1.82) is 0 Å². The fraction of sp³-hybridized carbons (Fsp3) is 0.500. The van der Waals surface area contributed by atoms with E-state index in [1.807, 2.05) is 19.0 Å². The molecule has 0 N–H and O–H groups in total. The quantitative estimate of drug-likeness (QED) is 0.745. The molecule has 0 aliphatic carbocycles. The molecule has 0 fully saturated rings. The van der Waals surface area contributed by atoms with Gasteiger partial charge in [-0.3, -0.25) is 0 Å². The third-order valence-electron chi connectivity index (χ3n) is 2.79. The first-order chi connectivity index (χ1) is 9.20. The summed E-state index contributed by atoms with van der Waals surface area (Å²) in [5, 5.41) is -0.144. The van der Waals surface area contributed by atoms with Crippen molar-refractivity contribution < 1.29 is 12.8 Å². The minimum absolute atomic E-state index is 0.0550. The lowest BCUT2D eigenvalue weighted by molar-refractivity contribution is 0.358. The normalized spacial score (nSPS) is 12.4. The number of nitrogens with zero attached hydrogens (tertiary/aromatic N) is 2. The summed E-state index contributed by atoms with van der Waals surface area (Å²) in [5.41, 5.74) is 0.257. The standard InChI is InChI=1S/C12H17Cl2FN2O2S/c1-16(2)4-5-17(3)20(18,19)10-6-9(8-13)12(14)11(15)7-10/h6-7H,4-5,8H2,1-3H3. The number of hydrogen-bond acceptors (Lipinski definition) is 3. The van der Waals surface area contributed by atoms with Crippen LogP contribution >= 0.6 is 23.2 Å². The molecule has 1 aromatic rings. The summed E-state index contributed by atoms with van der Waals surface area (Å²) in [7, 11) is 1.38. The molecule has 20 heavy (non-hydrogen) atoms. The molecule has 0 spiro atoms. The van der Waals surface area contributed by atoms with E-state index in [0.717, 1.165) is 6.07 Å². The first kappa shape index (κ1) is 17.7. The van der Waals surface area contributed by atoms with Crippen LogP contribution in [0.3, 0.4) is 0 Å². The molecule has 4 nitrogen and oxygen atoms in total. The Balaban J connectivity index is 3.12. The topological polar surface area (TPSA) is 40.6 Å². The Labute approximate surface area is 129 Å². The molecule has 0 aromatic heterocycles. The highest BCUT2D eigenvalue weighted by Gasteiger charge is 2.23. The molecule has 0 atom stereocenters. The zero-order valence-electron chi connectivity index (χ0n) is 11.5. The van der Waals surface area contributed by atoms with Crippen molar-refractivity contribution >= 4 is 33.2 Å². The van der Waals surface area contributed by atoms with Gasteiger partial charge in [0.1, 0.15) is 5.82 Å². The number of halogens is 3. The summed E-state index contributed by atoms with van der Waals surface area (Å²) in [6.45, 7) is 0.865. The monoisotopic (exact) mass is 342 g/mol. The van der Waals surface area contributed by atoms with E-state index in [0.29, 0.717) is 13.1 Å². The molecule has 114 valence electrons. The number of rotatable bonds is 6. The van der Waals surface area contributed by atoms with E-state index in [2.05, 4.69) is 0 Å². The van der Waals surface area contributed by atoms with E-state index in [9.17, 15) is 12.8 Å². The Bertz CT molecular complexity index is 579. The van der Waals surface area contributed by atoms with Gasteiger partial charge in [0.05, 0.1) is 9.92 Å². The van der Waals surface area contributed by atoms with Gasteiger partial charge >= 0.3 is 0 Å². The highest BCUT2D eigenvalue weighted by molar-refractivity contribution is 7.89. The molecule has 0 radical (unpaired) electrons. The van der Waals surface area contributed by atoms with E-state index in [4.69, 9.17) is 23.2 Å². The molecule has 0 aliphatic rings. The van der Waals surface area contributed by atoms with Gasteiger partial charge in [-0.2, -0.15) is 4.31 Å². The molecule has 0 amide bonds. The number of alkyl halides is 1. The number of benzene rings is 1. The van der Waals surface area contributed by atoms with E-state index >= 15 is 0 Å². The summed E-state index contributed by atoms with van der Waals surface area (Å²) in [5.74, 6) is -0.843. The van der Waals surface area contributed by atoms with Crippen molar-refractivity contribution in [3.8, 4) is 0 Å². The van der Waals surface area contributed by atoms with E-state index in [1.165, 1.54) is 17.4 Å². The highest BCUT2D eigenvalue weighted by atomic mass is 35.5. The summed E-state index contributed by atoms with van der Waals surface area (Å²) in [6.07, 6.45) is 0. The van der Waals surface area contributed by atoms with Gasteiger partial charge in [0.2, 0.25) is 10.0 Å². The van der Waals surface area contributed by atoms with Crippen molar-refractivity contribution in [2.24, 2.45) is 0 Å². The predicted molar refractivity (Wildman–Crippen MR) is 79.3 cm³/mol. The minimum Gasteiger partial charge on any atom is -0.308 e. The Morgan fingerprint density at radius 1 is 1.20 bits per heavy atom. The second-order valence-electron chi connectivity index (χ2n) is 4.64. The Hall–Kier alpha value is -0.400. The predicted octanol–water partition coefficient (Wildman–Crippen LogP) is 2.40. The van der Waals surface area contributed by atoms with Crippen molar-refractivity contribution in [3.63, 3.8) is 0 Å². The molecule has 0 heterocycles. The van der Waals surface area contributed by atoms with Crippen LogP contribution in [0.15, 0.2) is 17.0 Å². The Morgan fingerprint density at radius 2 is 1.80 bits per heavy atom. The van der Waals surface area contributed by atoms with Gasteiger partial charge in [-0.15, -0.1) is 11.6 Å². The Kier molecular flexibility index (Phi) is 6.22. The first-order valence-electron chi connectivity index (χ1n) is 5.85. The average Bonchev–Trinajstić information content (AvgIpc) is 2.38. The maximum absolute atomic E-state index is 13.7. The van der Waals surface area contributed by atoms with Crippen LogP contribution in [0.5, 0.6) is 0 Å². The van der Waals surface area contributed by atoms with Gasteiger partial charge in [0.25, 0.3) is 0 Å². The smallest absolute Gasteiger partial charge is 0.242 e. The van der Waals surface area contributed by atoms with Crippen LogP contribution in [0, 0.1) is 5.82 Å². The molecular weight excluding hydrogens is 326 g/mol. The van der Waals surface area contributed by atoms with Gasteiger partial charge in [-0.05, 0) is 31.8 Å². The van der Waals surface area contributed by atoms with Crippen LogP contribution in [0.25, 0.3) is 0 Å². The molecule has 8 heteroatoms. The molecule has 1 aromatic carbocycles. The molecule has 0 bridgehead atoms. The van der Waals surface area contributed by atoms with Gasteiger partial charge in [0, 0.05) is 26.0 Å². The molecule has 1 rings (SSSR count). The number of likely N-dealkylation sites (N-methyl/N-ethyl adjacent to an activating group) is 2. The fourth-order valence-electron chi connectivity index (χ4n) is 1.51. The van der Waals surface area contributed by atoms with Crippen LogP contribution in [-0.4, -0.2) is 51.9 Å². The molecule has 0 unspecified atom stereocenters. The lowest BCUT2D eigenvalue weighted by atomic mass is 10.2. The highest BCUT2D eigenvalue weighted by Crippen LogP contribution is 2.27. The van der Waals surface area contributed by atoms with Crippen molar-refractivity contribution in [3.05, 3.63) is 28.5 Å². The van der Waals surface area contributed by atoms with Gasteiger partial charge < -0.3 is 4.90 Å². The summed E-state index contributed by atoms with van der Waals surface area (Å²) in [6, 6.07) is 2.22. The summed E-state index contributed by atoms with van der Waals surface area (Å²) in [4.78, 5) is 1.72. The van der Waals surface area contributed by atoms with Crippen LogP contribution in [-0.2, 0) is 15.9 Å². The fourth-order valence-corrected chi connectivity index (χ4v) is 3.19. The lowest BCUT2D eigenvalue weighted by Gasteiger charge is -2.20. The van der Waals surface area contributed by atoms with Crippen molar-refractivity contribution in [2.75, 3.05) is 34.2 Å². The maximum Gasteiger partial charge on any atom is 0.242 e. The van der Waals surface area contributed by atoms with Crippen LogP contribution in [0.2, 0.25) is 5.02 Å². The van der Waals surface area contributed by atoms with Crippen molar-refractivity contribution in [1.82, 2.24) is 9.21 Å². The van der Waals surface area contributed by atoms with Gasteiger partial charge in [-0.1, -0.05) is 11.6 Å². The van der Waals surface area contributed by atoms with E-state index < -0.39 is 15.8 Å². The van der Waals surface area contributed by atoms with Crippen LogP contribution < -0.4 is 0 Å². The zero-order chi connectivity index (χ0) is 15.5. The summed E-state index contributed by atoms with van der Waals surface area (Å²) < 4.78 is 39.5. The number of sulfonamides is 1. The maximum atomic E-state index is 13.7. The largest absolute Gasteiger partial charge is 0.308 e. The Morgan fingerprint density at radius 3 is 2.30 bits per heavy atom. The first-order valence-corrected chi connectivity index (χ1v) is 8.20. The molecule has 0 aliphatic heterocycles. The van der Waals surface area contributed by atoms with Crippen LogP contribution in [0.1, 0.15) is 5.56 Å². The molecule has 0 saturated carbocycles. The number of hydrogen-bond donors (Lipinski definition) is 0. The molecular formula is C12H17Cl2FN2O2S. The van der Waals surface area contributed by atoms with E-state index in [1.54, 1.807) is 0 Å². The second-order valence-corrected chi connectivity index (χ2v) is 7.33. The minimum atomic E-state index is -3.76.